The Balaban J connectivity index is 1.46. The molecule has 5 rings (SSSR count). The van der Waals surface area contributed by atoms with Gasteiger partial charge in [-0.3, -0.25) is 10.1 Å². The van der Waals surface area contributed by atoms with Crippen LogP contribution in [-0.4, -0.2) is 21.4 Å². The first-order valence-electron chi connectivity index (χ1n) is 11.1. The molecule has 0 bridgehead atoms. The summed E-state index contributed by atoms with van der Waals surface area (Å²) in [7, 11) is -1.08. The molecule has 8 heteroatoms. The first kappa shape index (κ1) is 23.2. The molecule has 2 atom stereocenters. The molecule has 35 heavy (non-hydrogen) atoms. The Morgan fingerprint density at radius 1 is 1.20 bits per heavy atom. The van der Waals surface area contributed by atoms with Crippen molar-refractivity contribution in [1.82, 2.24) is 15.6 Å². The molecule has 3 N–H and O–H groups in total. The maximum atomic E-state index is 13.3. The molecule has 0 aliphatic carbocycles. The maximum Gasteiger partial charge on any atom is 0.272 e. The van der Waals surface area contributed by atoms with E-state index < -0.39 is 15.9 Å². The summed E-state index contributed by atoms with van der Waals surface area (Å²) < 4.78 is 6.53. The highest BCUT2D eigenvalue weighted by molar-refractivity contribution is 8.21. The molecule has 2 aromatic heterocycles. The van der Waals surface area contributed by atoms with Crippen LogP contribution < -0.4 is 16.0 Å². The van der Waals surface area contributed by atoms with E-state index in [0.29, 0.717) is 17.1 Å². The Morgan fingerprint density at radius 2 is 1.97 bits per heavy atom. The number of terminal acetylenes is 1. The van der Waals surface area contributed by atoms with Gasteiger partial charge >= 0.3 is 0 Å². The normalized spacial score (nSPS) is 20.7. The molecule has 0 spiro atoms. The van der Waals surface area contributed by atoms with Crippen molar-refractivity contribution >= 4 is 43.9 Å². The minimum Gasteiger partial charge on any atom is -0.444 e. The summed E-state index contributed by atoms with van der Waals surface area (Å²) in [6, 6.07) is 15.7. The van der Waals surface area contributed by atoms with Gasteiger partial charge in [0.1, 0.15) is 5.70 Å². The van der Waals surface area contributed by atoms with Crippen molar-refractivity contribution in [1.29, 1.82) is 0 Å². The average molecular weight is 503 g/mol. The summed E-state index contributed by atoms with van der Waals surface area (Å²) in [5.41, 5.74) is 1.74. The number of nitrogens with zero attached hydrogens (tertiary/aromatic N) is 1. The molecular weight excluding hydrogens is 476 g/mol. The van der Waals surface area contributed by atoms with Crippen molar-refractivity contribution in [3.8, 4) is 23.7 Å². The molecule has 3 heterocycles. The third-order valence-electron chi connectivity index (χ3n) is 5.52. The molecule has 1 amide bonds. The Morgan fingerprint density at radius 3 is 2.66 bits per heavy atom. The van der Waals surface area contributed by atoms with Gasteiger partial charge in [-0.25, -0.2) is 4.98 Å². The number of aromatic nitrogens is 1. The van der Waals surface area contributed by atoms with Crippen LogP contribution in [0, 0.1) is 12.3 Å². The molecule has 0 fully saturated rings. The van der Waals surface area contributed by atoms with Crippen molar-refractivity contribution in [3.05, 3.63) is 77.6 Å². The van der Waals surface area contributed by atoms with Crippen LogP contribution in [0.3, 0.4) is 0 Å². The van der Waals surface area contributed by atoms with Gasteiger partial charge in [0.05, 0.1) is 6.20 Å². The summed E-state index contributed by atoms with van der Waals surface area (Å²) in [5.74, 6) is 3.40. The smallest absolute Gasteiger partial charge is 0.272 e. The second-order valence-electron chi connectivity index (χ2n) is 9.28. The Bertz CT molecular complexity index is 1440. The first-order valence-corrected chi connectivity index (χ1v) is 13.4. The Hall–Kier alpha value is -3.51. The zero-order valence-electron chi connectivity index (χ0n) is 19.6. The molecule has 2 unspecified atom stereocenters. The molecule has 1 aliphatic heterocycles. The topological polar surface area (TPSA) is 79.2 Å². The largest absolute Gasteiger partial charge is 0.444 e. The molecule has 6 nitrogen and oxygen atoms in total. The number of nitrogens with one attached hydrogen (secondary N) is 3. The van der Waals surface area contributed by atoms with Crippen LogP contribution >= 0.6 is 22.2 Å². The van der Waals surface area contributed by atoms with Crippen molar-refractivity contribution in [2.45, 2.75) is 36.2 Å². The van der Waals surface area contributed by atoms with Crippen molar-refractivity contribution < 1.29 is 9.21 Å². The highest BCUT2D eigenvalue weighted by atomic mass is 32.2. The maximum absolute atomic E-state index is 13.3. The molecule has 1 aliphatic rings. The van der Waals surface area contributed by atoms with Gasteiger partial charge in [-0.15, -0.1) is 17.8 Å². The third kappa shape index (κ3) is 4.58. The molecule has 0 radical (unpaired) electrons. The summed E-state index contributed by atoms with van der Waals surface area (Å²) in [6.45, 7) is 6.21. The highest BCUT2D eigenvalue weighted by Gasteiger charge is 2.44. The zero-order chi connectivity index (χ0) is 24.6. The number of thiophene rings is 1. The number of hydrogen-bond acceptors (Lipinski definition) is 6. The molecule has 0 saturated heterocycles. The van der Waals surface area contributed by atoms with Gasteiger partial charge < -0.3 is 15.1 Å². The molecular formula is C27H26N4O2S2. The quantitative estimate of drug-likeness (QED) is 0.209. The van der Waals surface area contributed by atoms with Crippen molar-refractivity contribution in [2.24, 2.45) is 0 Å². The van der Waals surface area contributed by atoms with Crippen LogP contribution in [0.15, 0.2) is 86.9 Å². The number of oxazole rings is 1. The van der Waals surface area contributed by atoms with Crippen LogP contribution in [0.5, 0.6) is 0 Å². The minimum absolute atomic E-state index is 0.239. The van der Waals surface area contributed by atoms with E-state index in [4.69, 9.17) is 10.8 Å². The van der Waals surface area contributed by atoms with Crippen LogP contribution in [0.4, 0.5) is 5.69 Å². The van der Waals surface area contributed by atoms with Gasteiger partial charge in [0.15, 0.2) is 17.1 Å². The van der Waals surface area contributed by atoms with Gasteiger partial charge in [-0.2, -0.15) is 10.9 Å². The first-order chi connectivity index (χ1) is 16.8. The second kappa shape index (κ2) is 8.93. The lowest BCUT2D eigenvalue weighted by Gasteiger charge is -2.40. The SMILES string of the molecule is C#CC1(NC(C)(C)C)NC(C(=O)Nc2ccc(-c3cnco3)cc2)=C[SH]1c1csc2ccccc12. The number of fused-ring (bicyclic) bond motifs is 1. The molecule has 178 valence electrons. The predicted octanol–water partition coefficient (Wildman–Crippen LogP) is 5.67. The van der Waals surface area contributed by atoms with Crippen LogP contribution in [0.2, 0.25) is 0 Å². The van der Waals surface area contributed by atoms with E-state index >= 15 is 0 Å². The summed E-state index contributed by atoms with van der Waals surface area (Å²) >= 11 is 1.69. The zero-order valence-corrected chi connectivity index (χ0v) is 21.3. The van der Waals surface area contributed by atoms with Crippen LogP contribution in [-0.2, 0) is 4.79 Å². The van der Waals surface area contributed by atoms with Crippen molar-refractivity contribution in [3.63, 3.8) is 0 Å². The lowest BCUT2D eigenvalue weighted by atomic mass is 10.1. The van der Waals surface area contributed by atoms with E-state index in [1.807, 2.05) is 41.8 Å². The number of carbonyl (C=O) groups is 1. The number of amides is 1. The number of rotatable bonds is 5. The standard InChI is InChI=1S/C27H26N4O2S2/c1-5-27(31-26(2,3)4)30-21(16-35(27)24-15-34-23-9-7-6-8-20(23)24)25(32)29-19-12-10-18(11-13-19)22-14-28-17-33-22/h1,6-17,30-31,35H,2-4H3,(H,29,32). The summed E-state index contributed by atoms with van der Waals surface area (Å²) in [5, 5.41) is 15.3. The monoisotopic (exact) mass is 502 g/mol. The van der Waals surface area contributed by atoms with E-state index in [-0.39, 0.29) is 11.4 Å². The van der Waals surface area contributed by atoms with E-state index in [9.17, 15) is 4.79 Å². The minimum atomic E-state index is -1.08. The summed E-state index contributed by atoms with van der Waals surface area (Å²) in [4.78, 5) is 17.5. The fraction of sp³-hybridized carbons (Fsp3) is 0.185. The fourth-order valence-corrected chi connectivity index (χ4v) is 8.02. The number of hydrogen-bond donors (Lipinski definition) is 4. The van der Waals surface area contributed by atoms with Gasteiger partial charge in [0, 0.05) is 37.2 Å². The number of benzene rings is 2. The van der Waals surface area contributed by atoms with Gasteiger partial charge in [-0.1, -0.05) is 24.1 Å². The lowest BCUT2D eigenvalue weighted by Crippen LogP contribution is -2.59. The van der Waals surface area contributed by atoms with Gasteiger partial charge in [0.2, 0.25) is 0 Å². The predicted molar refractivity (Wildman–Crippen MR) is 145 cm³/mol. The third-order valence-corrected chi connectivity index (χ3v) is 9.14. The summed E-state index contributed by atoms with van der Waals surface area (Å²) in [6.07, 6.45) is 9.20. The Labute approximate surface area is 211 Å². The van der Waals surface area contributed by atoms with E-state index in [1.54, 1.807) is 17.5 Å². The number of thiol groups is 1. The second-order valence-corrected chi connectivity index (χ2v) is 12.3. The fourth-order valence-electron chi connectivity index (χ4n) is 4.08. The van der Waals surface area contributed by atoms with E-state index in [1.165, 1.54) is 16.5 Å². The molecule has 2 aromatic carbocycles. The average Bonchev–Trinajstić information content (AvgIpc) is 3.57. The van der Waals surface area contributed by atoms with Gasteiger partial charge in [-0.05, 0) is 56.5 Å². The number of carbonyl (C=O) groups excluding carboxylic acids is 1. The lowest BCUT2D eigenvalue weighted by molar-refractivity contribution is -0.113. The highest BCUT2D eigenvalue weighted by Crippen LogP contribution is 2.55. The van der Waals surface area contributed by atoms with E-state index in [2.05, 4.69) is 65.1 Å². The molecule has 4 aromatic rings. The number of anilines is 1. The van der Waals surface area contributed by atoms with Gasteiger partial charge in [0.25, 0.3) is 5.91 Å². The van der Waals surface area contributed by atoms with E-state index in [0.717, 1.165) is 10.5 Å². The molecule has 0 saturated carbocycles. The van der Waals surface area contributed by atoms with Crippen LogP contribution in [0.25, 0.3) is 21.4 Å². The van der Waals surface area contributed by atoms with Crippen LogP contribution in [0.1, 0.15) is 20.8 Å². The van der Waals surface area contributed by atoms with Crippen molar-refractivity contribution in [2.75, 3.05) is 5.32 Å². The Kier molecular flexibility index (Phi) is 5.93.